The molecule has 0 aliphatic carbocycles. The zero-order chi connectivity index (χ0) is 15.5. The van der Waals surface area contributed by atoms with Crippen LogP contribution >= 0.6 is 0 Å². The number of nitrogens with zero attached hydrogens (tertiary/aromatic N) is 3. The molecule has 0 aliphatic rings. The third-order valence-electron chi connectivity index (χ3n) is 2.53. The van der Waals surface area contributed by atoms with E-state index in [1.165, 1.54) is 6.08 Å². The molecule has 0 N–H and O–H groups in total. The zero-order valence-corrected chi connectivity index (χ0v) is 11.7. The van der Waals surface area contributed by atoms with Crippen LogP contribution in [0.3, 0.4) is 0 Å². The van der Waals surface area contributed by atoms with Gasteiger partial charge in [-0.1, -0.05) is 18.2 Å². The van der Waals surface area contributed by atoms with Crippen LogP contribution in [0.4, 0.5) is 0 Å². The maximum atomic E-state index is 11.7. The number of benzene rings is 1. The van der Waals surface area contributed by atoms with Gasteiger partial charge < -0.3 is 9.64 Å². The Morgan fingerprint density at radius 1 is 1.29 bits per heavy atom. The summed E-state index contributed by atoms with van der Waals surface area (Å²) in [4.78, 5) is 13.5. The monoisotopic (exact) mass is 281 g/mol. The lowest BCUT2D eigenvalue weighted by Gasteiger charge is -2.13. The number of allylic oxidation sites excluding steroid dienone is 3. The molecule has 0 saturated carbocycles. The van der Waals surface area contributed by atoms with Gasteiger partial charge in [0, 0.05) is 7.05 Å². The summed E-state index contributed by atoms with van der Waals surface area (Å²) in [5, 5.41) is 17.1. The van der Waals surface area contributed by atoms with Crippen LogP contribution in [0.15, 0.2) is 54.3 Å². The number of rotatable bonds is 6. The average molecular weight is 281 g/mol. The quantitative estimate of drug-likeness (QED) is 0.454. The molecule has 0 unspecified atom stereocenters. The molecule has 21 heavy (non-hydrogen) atoms. The van der Waals surface area contributed by atoms with Crippen LogP contribution in [0.25, 0.3) is 0 Å². The SMILES string of the molecule is CN(C=CC=C(C#N)C#N)CCOC(=O)c1ccccc1. The number of carbonyl (C=O) groups is 1. The number of likely N-dealkylation sites (N-methyl/N-ethyl adjacent to an activating group) is 1. The molecule has 0 aromatic heterocycles. The first-order chi connectivity index (χ1) is 10.2. The molecule has 1 aromatic carbocycles. The van der Waals surface area contributed by atoms with Gasteiger partial charge in [0.1, 0.15) is 24.3 Å². The molecule has 5 nitrogen and oxygen atoms in total. The molecule has 5 heteroatoms. The molecule has 1 rings (SSSR count). The smallest absolute Gasteiger partial charge is 0.338 e. The highest BCUT2D eigenvalue weighted by Crippen LogP contribution is 2.01. The molecule has 0 bridgehead atoms. The largest absolute Gasteiger partial charge is 0.460 e. The number of hydrogen-bond donors (Lipinski definition) is 0. The Morgan fingerprint density at radius 3 is 2.57 bits per heavy atom. The molecule has 0 saturated heterocycles. The van der Waals surface area contributed by atoms with E-state index >= 15 is 0 Å². The highest BCUT2D eigenvalue weighted by atomic mass is 16.5. The number of ether oxygens (including phenoxy) is 1. The van der Waals surface area contributed by atoms with Crippen molar-refractivity contribution in [2.75, 3.05) is 20.2 Å². The van der Waals surface area contributed by atoms with Gasteiger partial charge in [-0.3, -0.25) is 0 Å². The van der Waals surface area contributed by atoms with Crippen molar-refractivity contribution in [1.29, 1.82) is 10.5 Å². The predicted molar refractivity (Wildman–Crippen MR) is 77.8 cm³/mol. The summed E-state index contributed by atoms with van der Waals surface area (Å²) < 4.78 is 5.13. The van der Waals surface area contributed by atoms with Crippen LogP contribution < -0.4 is 0 Å². The van der Waals surface area contributed by atoms with E-state index in [0.29, 0.717) is 12.1 Å². The zero-order valence-electron chi connectivity index (χ0n) is 11.7. The van der Waals surface area contributed by atoms with Gasteiger partial charge in [-0.15, -0.1) is 0 Å². The summed E-state index contributed by atoms with van der Waals surface area (Å²) >= 11 is 0. The van der Waals surface area contributed by atoms with Crippen molar-refractivity contribution in [3.8, 4) is 12.1 Å². The molecule has 0 aliphatic heterocycles. The van der Waals surface area contributed by atoms with E-state index in [0.717, 1.165) is 0 Å². The van der Waals surface area contributed by atoms with Crippen LogP contribution in [0.2, 0.25) is 0 Å². The topological polar surface area (TPSA) is 77.1 Å². The third kappa shape index (κ3) is 6.09. The van der Waals surface area contributed by atoms with Crippen LogP contribution in [0.5, 0.6) is 0 Å². The molecular formula is C16H15N3O2. The Balaban J connectivity index is 2.35. The van der Waals surface area contributed by atoms with Crippen LogP contribution in [-0.4, -0.2) is 31.1 Å². The summed E-state index contributed by atoms with van der Waals surface area (Å²) in [6.45, 7) is 0.763. The van der Waals surface area contributed by atoms with E-state index in [2.05, 4.69) is 0 Å². The highest BCUT2D eigenvalue weighted by molar-refractivity contribution is 5.89. The summed E-state index contributed by atoms with van der Waals surface area (Å²) in [5.41, 5.74) is 0.557. The number of hydrogen-bond acceptors (Lipinski definition) is 5. The molecule has 0 atom stereocenters. The van der Waals surface area contributed by atoms with Gasteiger partial charge in [0.2, 0.25) is 0 Å². The number of carbonyl (C=O) groups excluding carboxylic acids is 1. The van der Waals surface area contributed by atoms with E-state index < -0.39 is 0 Å². The Kier molecular flexibility index (Phi) is 6.82. The van der Waals surface area contributed by atoms with Crippen molar-refractivity contribution in [3.63, 3.8) is 0 Å². The fraction of sp³-hybridized carbons (Fsp3) is 0.188. The first-order valence-electron chi connectivity index (χ1n) is 6.28. The van der Waals surface area contributed by atoms with Gasteiger partial charge >= 0.3 is 5.97 Å². The van der Waals surface area contributed by atoms with E-state index in [1.54, 1.807) is 60.6 Å². The average Bonchev–Trinajstić information content (AvgIpc) is 2.52. The number of nitriles is 2. The van der Waals surface area contributed by atoms with E-state index in [1.807, 2.05) is 6.07 Å². The van der Waals surface area contributed by atoms with Crippen molar-refractivity contribution >= 4 is 5.97 Å². The molecule has 1 aromatic rings. The first kappa shape index (κ1) is 16.0. The van der Waals surface area contributed by atoms with E-state index in [9.17, 15) is 4.79 Å². The Hall–Kier alpha value is -3.05. The maximum Gasteiger partial charge on any atom is 0.338 e. The van der Waals surface area contributed by atoms with Crippen LogP contribution in [0.1, 0.15) is 10.4 Å². The minimum atomic E-state index is -0.357. The fourth-order valence-electron chi connectivity index (χ4n) is 1.40. The van der Waals surface area contributed by atoms with E-state index in [4.69, 9.17) is 15.3 Å². The Labute approximate surface area is 124 Å². The predicted octanol–water partition coefficient (Wildman–Crippen LogP) is 2.26. The highest BCUT2D eigenvalue weighted by Gasteiger charge is 2.05. The minimum absolute atomic E-state index is 0.0372. The molecule has 0 spiro atoms. The lowest BCUT2D eigenvalue weighted by atomic mass is 10.2. The second-order valence-corrected chi connectivity index (χ2v) is 4.13. The molecule has 0 heterocycles. The Morgan fingerprint density at radius 2 is 1.95 bits per heavy atom. The van der Waals surface area contributed by atoms with Crippen molar-refractivity contribution in [2.45, 2.75) is 0 Å². The van der Waals surface area contributed by atoms with E-state index in [-0.39, 0.29) is 18.1 Å². The lowest BCUT2D eigenvalue weighted by molar-refractivity contribution is 0.0487. The van der Waals surface area contributed by atoms with Gasteiger partial charge in [-0.05, 0) is 30.5 Å². The Bertz CT molecular complexity index is 591. The third-order valence-corrected chi connectivity index (χ3v) is 2.53. The van der Waals surface area contributed by atoms with Crippen molar-refractivity contribution < 1.29 is 9.53 Å². The summed E-state index contributed by atoms with van der Waals surface area (Å²) in [7, 11) is 1.80. The summed E-state index contributed by atoms with van der Waals surface area (Å²) in [5.74, 6) is -0.357. The molecular weight excluding hydrogens is 266 g/mol. The van der Waals surface area contributed by atoms with Crippen molar-refractivity contribution in [3.05, 3.63) is 59.8 Å². The maximum absolute atomic E-state index is 11.7. The first-order valence-corrected chi connectivity index (χ1v) is 6.28. The van der Waals surface area contributed by atoms with Gasteiger partial charge in [0.05, 0.1) is 12.1 Å². The summed E-state index contributed by atoms with van der Waals surface area (Å²) in [6.07, 6.45) is 4.72. The second-order valence-electron chi connectivity index (χ2n) is 4.13. The van der Waals surface area contributed by atoms with Gasteiger partial charge in [-0.2, -0.15) is 10.5 Å². The lowest BCUT2D eigenvalue weighted by Crippen LogP contribution is -2.19. The molecule has 0 amide bonds. The standard InChI is InChI=1S/C16H15N3O2/c1-19(9-5-6-14(12-17)13-18)10-11-21-16(20)15-7-3-2-4-8-15/h2-9H,10-11H2,1H3. The fourth-order valence-corrected chi connectivity index (χ4v) is 1.40. The second kappa shape index (κ2) is 8.95. The summed E-state index contributed by atoms with van der Waals surface area (Å²) in [6, 6.07) is 12.3. The van der Waals surface area contributed by atoms with Crippen LogP contribution in [0, 0.1) is 22.7 Å². The van der Waals surface area contributed by atoms with Crippen molar-refractivity contribution in [1.82, 2.24) is 4.90 Å². The molecule has 0 fully saturated rings. The van der Waals surface area contributed by atoms with Gasteiger partial charge in [0.15, 0.2) is 0 Å². The normalized spacial score (nSPS) is 9.48. The van der Waals surface area contributed by atoms with Crippen LogP contribution in [-0.2, 0) is 4.74 Å². The molecule has 0 radical (unpaired) electrons. The van der Waals surface area contributed by atoms with Crippen molar-refractivity contribution in [2.24, 2.45) is 0 Å². The minimum Gasteiger partial charge on any atom is -0.460 e. The molecule has 106 valence electrons. The number of esters is 1. The van der Waals surface area contributed by atoms with Gasteiger partial charge in [0.25, 0.3) is 0 Å². The van der Waals surface area contributed by atoms with Gasteiger partial charge in [-0.25, -0.2) is 4.79 Å².